The highest BCUT2D eigenvalue weighted by atomic mass is 79.9. The van der Waals surface area contributed by atoms with Crippen LogP contribution in [0.25, 0.3) is 11.3 Å². The lowest BCUT2D eigenvalue weighted by atomic mass is 9.97. The van der Waals surface area contributed by atoms with E-state index in [-0.39, 0.29) is 28.2 Å². The Balaban J connectivity index is 1.51. The van der Waals surface area contributed by atoms with Gasteiger partial charge in [-0.3, -0.25) is 14.2 Å². The molecule has 0 aliphatic carbocycles. The van der Waals surface area contributed by atoms with Crippen molar-refractivity contribution < 1.29 is 14.3 Å². The second-order valence-corrected chi connectivity index (χ2v) is 13.1. The lowest BCUT2D eigenvalue weighted by molar-refractivity contribution is -0.138. The molecule has 0 bridgehead atoms. The quantitative estimate of drug-likeness (QED) is 0.216. The van der Waals surface area contributed by atoms with Crippen molar-refractivity contribution in [3.05, 3.63) is 148 Å². The van der Waals surface area contributed by atoms with Gasteiger partial charge in [-0.25, -0.2) is 9.79 Å². The number of ether oxygens (including phenoxy) is 1. The van der Waals surface area contributed by atoms with Crippen LogP contribution in [0.15, 0.2) is 116 Å². The zero-order chi connectivity index (χ0) is 30.4. The first kappa shape index (κ1) is 28.4. The number of thiazole rings is 1. The standard InChI is InChI=1S/C34H24BrN3O4S2/c1-2-42-33(41)27-28(21-12-7-4-8-13-21)36-34-38(29(27)25-14-9-17-43-25)32(40)30(44-34)26-23-18-22(35)15-16-24(23)37(31(26)39)19-20-10-5-3-6-11-20/h3-18,29H,2,19H2,1H3/b30-26-/t29-/m1/s1. The number of halogens is 1. The van der Waals surface area contributed by atoms with Crippen molar-refractivity contribution in [2.24, 2.45) is 4.99 Å². The number of thiophene rings is 1. The summed E-state index contributed by atoms with van der Waals surface area (Å²) in [6, 6.07) is 27.9. The van der Waals surface area contributed by atoms with E-state index in [0.717, 1.165) is 26.2 Å². The van der Waals surface area contributed by atoms with E-state index in [9.17, 15) is 14.4 Å². The third kappa shape index (κ3) is 4.79. The second-order valence-electron chi connectivity index (χ2n) is 10.2. The van der Waals surface area contributed by atoms with Crippen LogP contribution in [0.4, 0.5) is 5.69 Å². The van der Waals surface area contributed by atoms with Gasteiger partial charge in [0.1, 0.15) is 10.6 Å². The summed E-state index contributed by atoms with van der Waals surface area (Å²) in [5.41, 5.74) is 3.80. The van der Waals surface area contributed by atoms with Crippen molar-refractivity contribution in [2.45, 2.75) is 19.5 Å². The van der Waals surface area contributed by atoms with Crippen molar-refractivity contribution in [3.8, 4) is 0 Å². The number of anilines is 1. The van der Waals surface area contributed by atoms with Gasteiger partial charge in [-0.2, -0.15) is 0 Å². The summed E-state index contributed by atoms with van der Waals surface area (Å²) >= 11 is 6.17. The van der Waals surface area contributed by atoms with Crippen molar-refractivity contribution in [3.63, 3.8) is 0 Å². The molecule has 0 radical (unpaired) electrons. The van der Waals surface area contributed by atoms with Crippen molar-refractivity contribution in [1.29, 1.82) is 0 Å². The second kappa shape index (κ2) is 11.6. The maximum atomic E-state index is 14.5. The molecular formula is C34H24BrN3O4S2. The van der Waals surface area contributed by atoms with E-state index in [0.29, 0.717) is 28.2 Å². The van der Waals surface area contributed by atoms with Crippen LogP contribution in [-0.2, 0) is 20.9 Å². The number of rotatable bonds is 6. The maximum absolute atomic E-state index is 14.5. The molecule has 44 heavy (non-hydrogen) atoms. The van der Waals surface area contributed by atoms with Gasteiger partial charge in [0.2, 0.25) is 0 Å². The third-order valence-electron chi connectivity index (χ3n) is 7.55. The van der Waals surface area contributed by atoms with Crippen LogP contribution in [-0.4, -0.2) is 23.1 Å². The third-order valence-corrected chi connectivity index (χ3v) is 10.0. The fourth-order valence-corrected chi connectivity index (χ4v) is 7.93. The Morgan fingerprint density at radius 1 is 0.977 bits per heavy atom. The Morgan fingerprint density at radius 3 is 2.43 bits per heavy atom. The number of hydrogen-bond donors (Lipinski definition) is 0. The highest BCUT2D eigenvalue weighted by Crippen LogP contribution is 2.39. The van der Waals surface area contributed by atoms with E-state index in [1.54, 1.807) is 16.4 Å². The Morgan fingerprint density at radius 2 is 1.73 bits per heavy atom. The summed E-state index contributed by atoms with van der Waals surface area (Å²) in [5, 5.41) is 1.91. The van der Waals surface area contributed by atoms with Gasteiger partial charge in [0.05, 0.1) is 35.7 Å². The summed E-state index contributed by atoms with van der Waals surface area (Å²) in [6.45, 7) is 2.28. The molecule has 1 amide bonds. The fraction of sp³-hybridized carbons (Fsp3) is 0.118. The largest absolute Gasteiger partial charge is 0.463 e. The zero-order valence-electron chi connectivity index (χ0n) is 23.4. The first-order valence-electron chi connectivity index (χ1n) is 14.0. The molecule has 2 aromatic heterocycles. The molecule has 7 rings (SSSR count). The number of hydrogen-bond acceptors (Lipinski definition) is 7. The number of carbonyl (C=O) groups excluding carboxylic acids is 2. The number of benzene rings is 3. The molecule has 2 aliphatic rings. The molecule has 0 unspecified atom stereocenters. The number of amides is 1. The van der Waals surface area contributed by atoms with Gasteiger partial charge < -0.3 is 9.64 Å². The Hall–Kier alpha value is -4.38. The predicted octanol–water partition coefficient (Wildman–Crippen LogP) is 5.68. The summed E-state index contributed by atoms with van der Waals surface area (Å²) in [6.07, 6.45) is 0. The molecule has 4 heterocycles. The van der Waals surface area contributed by atoms with Crippen LogP contribution >= 0.6 is 38.6 Å². The summed E-state index contributed by atoms with van der Waals surface area (Å²) < 4.78 is 8.15. The predicted molar refractivity (Wildman–Crippen MR) is 176 cm³/mol. The Labute approximate surface area is 268 Å². The first-order valence-corrected chi connectivity index (χ1v) is 16.5. The monoisotopic (exact) mass is 681 g/mol. The SMILES string of the molecule is CCOC(=O)C1=C(c2ccccc2)N=c2s/c(=C3\C(=O)N(Cc4ccccc4)c4ccc(Br)cc43)c(=O)n2[C@@H]1c1cccs1. The molecular weight excluding hydrogens is 658 g/mol. The average molecular weight is 683 g/mol. The summed E-state index contributed by atoms with van der Waals surface area (Å²) in [7, 11) is 0. The van der Waals surface area contributed by atoms with E-state index in [4.69, 9.17) is 9.73 Å². The number of aromatic nitrogens is 1. The van der Waals surface area contributed by atoms with E-state index < -0.39 is 12.0 Å². The number of fused-ring (bicyclic) bond motifs is 2. The molecule has 3 aromatic carbocycles. The molecule has 0 fully saturated rings. The Kier molecular flexibility index (Phi) is 7.49. The topological polar surface area (TPSA) is 81.0 Å². The first-order chi connectivity index (χ1) is 21.5. The smallest absolute Gasteiger partial charge is 0.338 e. The normalized spacial score (nSPS) is 16.9. The van der Waals surface area contributed by atoms with Gasteiger partial charge in [-0.05, 0) is 42.1 Å². The molecule has 10 heteroatoms. The molecule has 0 saturated heterocycles. The summed E-state index contributed by atoms with van der Waals surface area (Å²) in [4.78, 5) is 50.2. The van der Waals surface area contributed by atoms with Crippen LogP contribution in [0.2, 0.25) is 0 Å². The average Bonchev–Trinajstić information content (AvgIpc) is 3.75. The highest BCUT2D eigenvalue weighted by Gasteiger charge is 2.38. The van der Waals surface area contributed by atoms with Crippen molar-refractivity contribution >= 4 is 67.4 Å². The van der Waals surface area contributed by atoms with Crippen LogP contribution in [0.1, 0.15) is 34.5 Å². The van der Waals surface area contributed by atoms with Gasteiger partial charge >= 0.3 is 5.97 Å². The van der Waals surface area contributed by atoms with E-state index >= 15 is 0 Å². The summed E-state index contributed by atoms with van der Waals surface area (Å²) in [5.74, 6) is -0.792. The van der Waals surface area contributed by atoms with Gasteiger partial charge in [0.25, 0.3) is 11.5 Å². The van der Waals surface area contributed by atoms with Crippen LogP contribution < -0.4 is 19.8 Å². The van der Waals surface area contributed by atoms with Gasteiger partial charge in [0.15, 0.2) is 4.80 Å². The minimum atomic E-state index is -0.770. The van der Waals surface area contributed by atoms with Crippen LogP contribution in [0.5, 0.6) is 0 Å². The minimum absolute atomic E-state index is 0.174. The molecule has 1 atom stereocenters. The molecule has 0 spiro atoms. The molecule has 2 aliphatic heterocycles. The molecule has 7 nitrogen and oxygen atoms in total. The molecule has 5 aromatic rings. The highest BCUT2D eigenvalue weighted by molar-refractivity contribution is 9.10. The number of esters is 1. The van der Waals surface area contributed by atoms with Crippen LogP contribution in [0.3, 0.4) is 0 Å². The van der Waals surface area contributed by atoms with E-state index in [2.05, 4.69) is 15.9 Å². The molecule has 0 N–H and O–H groups in total. The fourth-order valence-electron chi connectivity index (χ4n) is 5.65. The zero-order valence-corrected chi connectivity index (χ0v) is 26.6. The van der Waals surface area contributed by atoms with Crippen LogP contribution in [0, 0.1) is 0 Å². The van der Waals surface area contributed by atoms with Gasteiger partial charge in [-0.1, -0.05) is 94.0 Å². The Bertz CT molecular complexity index is 2140. The number of nitrogens with zero attached hydrogens (tertiary/aromatic N) is 3. The molecule has 218 valence electrons. The van der Waals surface area contributed by atoms with Crippen molar-refractivity contribution in [2.75, 3.05) is 11.5 Å². The van der Waals surface area contributed by atoms with Gasteiger partial charge in [-0.15, -0.1) is 11.3 Å². The lowest BCUT2D eigenvalue weighted by Crippen LogP contribution is -2.40. The minimum Gasteiger partial charge on any atom is -0.463 e. The lowest BCUT2D eigenvalue weighted by Gasteiger charge is -2.24. The number of carbonyl (C=O) groups is 2. The van der Waals surface area contributed by atoms with Gasteiger partial charge in [0, 0.05) is 20.5 Å². The maximum Gasteiger partial charge on any atom is 0.338 e. The van der Waals surface area contributed by atoms with Crippen molar-refractivity contribution in [1.82, 2.24) is 4.57 Å². The molecule has 0 saturated carbocycles. The van der Waals surface area contributed by atoms with E-state index in [1.807, 2.05) is 96.4 Å². The van der Waals surface area contributed by atoms with E-state index in [1.165, 1.54) is 22.7 Å².